The van der Waals surface area contributed by atoms with Crippen LogP contribution in [0.1, 0.15) is 58.1 Å². The van der Waals surface area contributed by atoms with Crippen LogP contribution in [-0.4, -0.2) is 59.0 Å². The molecule has 0 saturated heterocycles. The van der Waals surface area contributed by atoms with E-state index < -0.39 is 53.1 Å². The number of unbranched alkanes of at least 4 members (excludes halogenated alkanes) is 1. The highest BCUT2D eigenvalue weighted by molar-refractivity contribution is 6.38. The molecule has 2 aromatic carbocycles. The number of rotatable bonds is 16. The molecule has 0 heterocycles. The van der Waals surface area contributed by atoms with Gasteiger partial charge in [0.2, 0.25) is 29.4 Å². The molecule has 3 unspecified atom stereocenters. The Hall–Kier alpha value is -4.54. The van der Waals surface area contributed by atoms with E-state index in [1.165, 1.54) is 20.8 Å². The maximum Gasteiger partial charge on any atom is 0.290 e. The molecule has 5 amide bonds. The number of hydrogen-bond acceptors (Lipinski definition) is 6. The number of amides is 5. The Morgan fingerprint density at radius 1 is 0.786 bits per heavy atom. The Labute approximate surface area is 246 Å². The van der Waals surface area contributed by atoms with Gasteiger partial charge in [0.05, 0.1) is 12.5 Å². The quantitative estimate of drug-likeness (QED) is 0.186. The first-order valence-corrected chi connectivity index (χ1v) is 14.0. The lowest BCUT2D eigenvalue weighted by atomic mass is 10.0. The van der Waals surface area contributed by atoms with Crippen LogP contribution in [0.15, 0.2) is 60.7 Å². The standard InChI is InChI=1S/C31H41N5O6/c1-5-6-17-23(28(40)36-31(3,4)30(32)42)35-29(41)26(38)20(2)33-27(39)24(18-21-13-9-7-10-14-21)34-25(37)19-22-15-11-8-12-16-22/h7-16,20,23-24H,5-6,17-19H2,1-4H3,(H2,32,42)(H,33,39)(H,34,37)(H,35,41)(H,36,40). The van der Waals surface area contributed by atoms with Crippen molar-refractivity contribution >= 4 is 35.3 Å². The van der Waals surface area contributed by atoms with E-state index in [2.05, 4.69) is 21.3 Å². The van der Waals surface area contributed by atoms with Crippen molar-refractivity contribution in [2.24, 2.45) is 5.73 Å². The minimum absolute atomic E-state index is 0.0596. The normalized spacial score (nSPS) is 13.1. The Bertz CT molecular complexity index is 1250. The summed E-state index contributed by atoms with van der Waals surface area (Å²) in [5.41, 5.74) is 5.53. The first-order chi connectivity index (χ1) is 19.8. The summed E-state index contributed by atoms with van der Waals surface area (Å²) in [6.07, 6.45) is 1.74. The van der Waals surface area contributed by atoms with Crippen LogP contribution < -0.4 is 27.0 Å². The zero-order chi connectivity index (χ0) is 31.3. The molecule has 2 rings (SSSR count). The Morgan fingerprint density at radius 2 is 1.36 bits per heavy atom. The number of carbonyl (C=O) groups is 6. The summed E-state index contributed by atoms with van der Waals surface area (Å²) < 4.78 is 0. The lowest BCUT2D eigenvalue weighted by Gasteiger charge is -2.26. The van der Waals surface area contributed by atoms with E-state index in [-0.39, 0.29) is 25.2 Å². The maximum absolute atomic E-state index is 13.2. The molecule has 0 fully saturated rings. The molecule has 42 heavy (non-hydrogen) atoms. The Morgan fingerprint density at radius 3 is 1.90 bits per heavy atom. The number of carbonyl (C=O) groups excluding carboxylic acids is 6. The van der Waals surface area contributed by atoms with Crippen molar-refractivity contribution in [1.29, 1.82) is 0 Å². The van der Waals surface area contributed by atoms with Crippen molar-refractivity contribution in [3.63, 3.8) is 0 Å². The molecular formula is C31H41N5O6. The predicted molar refractivity (Wildman–Crippen MR) is 158 cm³/mol. The topological polar surface area (TPSA) is 177 Å². The summed E-state index contributed by atoms with van der Waals surface area (Å²) >= 11 is 0. The van der Waals surface area contributed by atoms with Gasteiger partial charge in [-0.3, -0.25) is 28.8 Å². The third-order valence-corrected chi connectivity index (χ3v) is 6.64. The third-order valence-electron chi connectivity index (χ3n) is 6.64. The molecule has 11 heteroatoms. The van der Waals surface area contributed by atoms with Crippen molar-refractivity contribution in [2.45, 2.75) is 83.5 Å². The molecule has 0 bridgehead atoms. The SMILES string of the molecule is CCCCC(NC(=O)C(=O)C(C)NC(=O)C(Cc1ccccc1)NC(=O)Cc1ccccc1)C(=O)NC(C)(C)C(N)=O. The number of primary amides is 1. The number of hydrogen-bond donors (Lipinski definition) is 5. The van der Waals surface area contributed by atoms with Gasteiger partial charge in [0.15, 0.2) is 0 Å². The smallest absolute Gasteiger partial charge is 0.290 e. The van der Waals surface area contributed by atoms with E-state index >= 15 is 0 Å². The van der Waals surface area contributed by atoms with Crippen molar-refractivity contribution in [2.75, 3.05) is 0 Å². The van der Waals surface area contributed by atoms with Crippen LogP contribution in [-0.2, 0) is 41.6 Å². The van der Waals surface area contributed by atoms with E-state index in [9.17, 15) is 28.8 Å². The minimum atomic E-state index is -1.36. The van der Waals surface area contributed by atoms with Gasteiger partial charge in [0.25, 0.3) is 5.91 Å². The second-order valence-electron chi connectivity index (χ2n) is 10.7. The van der Waals surface area contributed by atoms with Gasteiger partial charge in [-0.05, 0) is 38.3 Å². The molecule has 11 nitrogen and oxygen atoms in total. The molecule has 226 valence electrons. The summed E-state index contributed by atoms with van der Waals surface area (Å²) in [7, 11) is 0. The molecule has 2 aromatic rings. The van der Waals surface area contributed by atoms with Crippen molar-refractivity contribution in [1.82, 2.24) is 21.3 Å². The first-order valence-electron chi connectivity index (χ1n) is 14.0. The predicted octanol–water partition coefficient (Wildman–Crippen LogP) is 1.09. The summed E-state index contributed by atoms with van der Waals surface area (Å²) in [6, 6.07) is 14.8. The molecule has 0 aliphatic rings. The second kappa shape index (κ2) is 16.0. The Kier molecular flexibility index (Phi) is 12.9. The number of Topliss-reactive ketones (excluding diaryl/α,β-unsaturated/α-hetero) is 1. The number of nitrogens with one attached hydrogen (secondary N) is 4. The largest absolute Gasteiger partial charge is 0.368 e. The highest BCUT2D eigenvalue weighted by Gasteiger charge is 2.33. The van der Waals surface area contributed by atoms with Gasteiger partial charge >= 0.3 is 0 Å². The van der Waals surface area contributed by atoms with Crippen LogP contribution >= 0.6 is 0 Å². The van der Waals surface area contributed by atoms with Crippen LogP contribution in [0.2, 0.25) is 0 Å². The average molecular weight is 580 g/mol. The van der Waals surface area contributed by atoms with E-state index in [0.29, 0.717) is 6.42 Å². The Balaban J connectivity index is 2.10. The van der Waals surface area contributed by atoms with Gasteiger partial charge in [-0.15, -0.1) is 0 Å². The van der Waals surface area contributed by atoms with Crippen LogP contribution in [0.3, 0.4) is 0 Å². The summed E-state index contributed by atoms with van der Waals surface area (Å²) in [4.78, 5) is 76.2. The van der Waals surface area contributed by atoms with Crippen LogP contribution in [0.4, 0.5) is 0 Å². The average Bonchev–Trinajstić information content (AvgIpc) is 2.94. The lowest BCUT2D eigenvalue weighted by molar-refractivity contribution is -0.142. The minimum Gasteiger partial charge on any atom is -0.368 e. The van der Waals surface area contributed by atoms with Crippen molar-refractivity contribution < 1.29 is 28.8 Å². The van der Waals surface area contributed by atoms with Gasteiger partial charge in [-0.2, -0.15) is 0 Å². The van der Waals surface area contributed by atoms with Gasteiger partial charge in [0, 0.05) is 6.42 Å². The highest BCUT2D eigenvalue weighted by Crippen LogP contribution is 2.08. The molecule has 0 radical (unpaired) electrons. The fourth-order valence-electron chi connectivity index (χ4n) is 4.03. The first kappa shape index (κ1) is 33.7. The van der Waals surface area contributed by atoms with E-state index in [0.717, 1.165) is 17.5 Å². The number of benzene rings is 2. The molecule has 0 aliphatic carbocycles. The molecule has 0 saturated carbocycles. The zero-order valence-electron chi connectivity index (χ0n) is 24.6. The fraction of sp³-hybridized carbons (Fsp3) is 0.419. The van der Waals surface area contributed by atoms with Crippen molar-refractivity contribution in [3.05, 3.63) is 71.8 Å². The number of nitrogens with two attached hydrogens (primary N) is 1. The number of ketones is 1. The molecular weight excluding hydrogens is 538 g/mol. The van der Waals surface area contributed by atoms with Crippen LogP contribution in [0.5, 0.6) is 0 Å². The van der Waals surface area contributed by atoms with E-state index in [1.54, 1.807) is 12.1 Å². The molecule has 3 atom stereocenters. The second-order valence-corrected chi connectivity index (χ2v) is 10.7. The highest BCUT2D eigenvalue weighted by atomic mass is 16.2. The van der Waals surface area contributed by atoms with E-state index in [1.807, 2.05) is 55.5 Å². The lowest BCUT2D eigenvalue weighted by Crippen LogP contribution is -2.59. The van der Waals surface area contributed by atoms with Crippen molar-refractivity contribution in [3.8, 4) is 0 Å². The van der Waals surface area contributed by atoms with Crippen LogP contribution in [0, 0.1) is 0 Å². The monoisotopic (exact) mass is 579 g/mol. The van der Waals surface area contributed by atoms with Gasteiger partial charge in [-0.25, -0.2) is 0 Å². The third kappa shape index (κ3) is 10.8. The molecule has 0 aliphatic heterocycles. The zero-order valence-corrected chi connectivity index (χ0v) is 24.6. The van der Waals surface area contributed by atoms with Gasteiger partial charge in [0.1, 0.15) is 17.6 Å². The summed E-state index contributed by atoms with van der Waals surface area (Å²) in [6.45, 7) is 6.11. The molecule has 0 aromatic heterocycles. The molecule has 6 N–H and O–H groups in total. The van der Waals surface area contributed by atoms with E-state index in [4.69, 9.17) is 5.73 Å². The molecule has 0 spiro atoms. The van der Waals surface area contributed by atoms with Gasteiger partial charge in [-0.1, -0.05) is 80.4 Å². The van der Waals surface area contributed by atoms with Gasteiger partial charge < -0.3 is 27.0 Å². The van der Waals surface area contributed by atoms with Crippen LogP contribution in [0.25, 0.3) is 0 Å². The maximum atomic E-state index is 13.2. The summed E-state index contributed by atoms with van der Waals surface area (Å²) in [5.74, 6) is -4.47. The summed E-state index contributed by atoms with van der Waals surface area (Å²) in [5, 5.41) is 10.2. The fourth-order valence-corrected chi connectivity index (χ4v) is 4.03.